The van der Waals surface area contributed by atoms with Gasteiger partial charge in [0.05, 0.1) is 30.0 Å². The minimum absolute atomic E-state index is 0.0722. The van der Waals surface area contributed by atoms with E-state index in [1.165, 1.54) is 21.0 Å². The number of ether oxygens (including phenoxy) is 1. The summed E-state index contributed by atoms with van der Waals surface area (Å²) in [5, 5.41) is 17.2. The Labute approximate surface area is 160 Å². The number of allylic oxidation sites excluding steroid dienone is 2. The van der Waals surface area contributed by atoms with E-state index in [1.807, 2.05) is 0 Å². The van der Waals surface area contributed by atoms with Crippen LogP contribution in [0.3, 0.4) is 0 Å². The van der Waals surface area contributed by atoms with E-state index in [2.05, 4.69) is 5.73 Å². The van der Waals surface area contributed by atoms with Gasteiger partial charge in [0.15, 0.2) is 5.72 Å². The number of amides is 2. The van der Waals surface area contributed by atoms with Gasteiger partial charge in [0, 0.05) is 31.7 Å². The van der Waals surface area contributed by atoms with E-state index in [1.54, 1.807) is 9.80 Å². The van der Waals surface area contributed by atoms with Gasteiger partial charge in [-0.2, -0.15) is 0 Å². The summed E-state index contributed by atoms with van der Waals surface area (Å²) in [6, 6.07) is -0.359. The molecule has 2 fully saturated rings. The molecule has 3 heterocycles. The average molecular weight is 394 g/mol. The predicted molar refractivity (Wildman–Crippen MR) is 93.3 cm³/mol. The van der Waals surface area contributed by atoms with Crippen LogP contribution < -0.4 is 11.5 Å². The molecule has 6 N–H and O–H groups in total. The lowest BCUT2D eigenvalue weighted by Crippen LogP contribution is -2.55. The molecule has 0 bridgehead atoms. The number of piperazine rings is 1. The Morgan fingerprint density at radius 3 is 2.36 bits per heavy atom. The van der Waals surface area contributed by atoms with E-state index in [0.717, 1.165) is 0 Å². The molecule has 4 aliphatic rings. The number of methoxy groups -OCH3 is 1. The second-order valence-corrected chi connectivity index (χ2v) is 7.04. The summed E-state index contributed by atoms with van der Waals surface area (Å²) < 4.78 is 5.79. The molecule has 0 aromatic rings. The molecule has 4 atom stereocenters. The number of carboxylic acid groups (broad SMARTS) is 1. The van der Waals surface area contributed by atoms with E-state index in [4.69, 9.17) is 20.4 Å². The zero-order chi connectivity index (χ0) is 21.1. The lowest BCUT2D eigenvalue weighted by atomic mass is 9.82. The van der Waals surface area contributed by atoms with Crippen molar-refractivity contribution in [3.8, 4) is 0 Å². The second-order valence-electron chi connectivity index (χ2n) is 7.04. The number of ketones is 2. The van der Waals surface area contributed by atoms with Crippen molar-refractivity contribution in [3.63, 3.8) is 0 Å². The lowest BCUT2D eigenvalue weighted by molar-refractivity contribution is -0.152. The summed E-state index contributed by atoms with van der Waals surface area (Å²) in [6.45, 7) is 3.03. The van der Waals surface area contributed by atoms with Gasteiger partial charge in [0.1, 0.15) is 6.04 Å². The standard InChI is InChI=1S/C16H19N3O5.CH3NO2/c1-6-11(17)14(23)10-8(5-20)16(24-3)15-9(19(15)7(2)21)4-18(16)12(10)13(6)22;2-1(3)4/h8-9,15,20H,4-5,17H2,1-3H3;2H2,(H,3,4). The number of Topliss-reactive ketones (excluding diaryl/α,β-unsaturated/α-hetero) is 2. The monoisotopic (exact) mass is 394 g/mol. The van der Waals surface area contributed by atoms with E-state index >= 15 is 0 Å². The summed E-state index contributed by atoms with van der Waals surface area (Å²) in [6.07, 6.45) is -1.33. The quantitative estimate of drug-likeness (QED) is 0.308. The Kier molecular flexibility index (Phi) is 4.47. The first kappa shape index (κ1) is 19.8. The van der Waals surface area contributed by atoms with E-state index in [0.29, 0.717) is 6.54 Å². The van der Waals surface area contributed by atoms with Crippen LogP contribution in [0.2, 0.25) is 0 Å². The number of aliphatic hydroxyl groups is 1. The number of carbonyl (C=O) groups is 4. The van der Waals surface area contributed by atoms with Gasteiger partial charge in [0.25, 0.3) is 0 Å². The number of aliphatic hydroxyl groups excluding tert-OH is 1. The number of carbonyl (C=O) groups excluding carboxylic acids is 3. The molecule has 11 heteroatoms. The molecule has 11 nitrogen and oxygen atoms in total. The van der Waals surface area contributed by atoms with E-state index < -0.39 is 23.5 Å². The number of nitrogens with zero attached hydrogens (tertiary/aromatic N) is 2. The maximum atomic E-state index is 12.8. The van der Waals surface area contributed by atoms with Gasteiger partial charge in [-0.1, -0.05) is 0 Å². The first-order valence-electron chi connectivity index (χ1n) is 8.57. The van der Waals surface area contributed by atoms with Crippen LogP contribution in [-0.2, 0) is 19.1 Å². The highest BCUT2D eigenvalue weighted by Crippen LogP contribution is 2.59. The molecular formula is C17H22N4O7. The van der Waals surface area contributed by atoms with Gasteiger partial charge < -0.3 is 36.2 Å². The summed E-state index contributed by atoms with van der Waals surface area (Å²) in [5.41, 5.74) is 9.35. The fraction of sp³-hybridized carbons (Fsp3) is 0.529. The highest BCUT2D eigenvalue weighted by molar-refractivity contribution is 6.25. The average Bonchev–Trinajstić information content (AvgIpc) is 3.14. The molecule has 0 saturated carbocycles. The van der Waals surface area contributed by atoms with Gasteiger partial charge in [-0.3, -0.25) is 14.4 Å². The van der Waals surface area contributed by atoms with Crippen molar-refractivity contribution >= 4 is 23.6 Å². The first-order chi connectivity index (χ1) is 13.1. The van der Waals surface area contributed by atoms with Crippen LogP contribution in [0.4, 0.5) is 4.79 Å². The van der Waals surface area contributed by atoms with Crippen molar-refractivity contribution in [2.75, 3.05) is 20.3 Å². The molecule has 2 amide bonds. The second kappa shape index (κ2) is 6.31. The molecule has 1 aliphatic carbocycles. The van der Waals surface area contributed by atoms with E-state index in [9.17, 15) is 19.5 Å². The number of hydrogen-bond acceptors (Lipinski definition) is 8. The van der Waals surface area contributed by atoms with Crippen molar-refractivity contribution in [1.29, 1.82) is 0 Å². The predicted octanol–water partition coefficient (Wildman–Crippen LogP) is -1.87. The van der Waals surface area contributed by atoms with Crippen molar-refractivity contribution in [1.82, 2.24) is 9.80 Å². The van der Waals surface area contributed by atoms with Gasteiger partial charge in [-0.05, 0) is 6.92 Å². The van der Waals surface area contributed by atoms with Crippen LogP contribution in [0.1, 0.15) is 13.8 Å². The van der Waals surface area contributed by atoms with Crippen LogP contribution >= 0.6 is 0 Å². The summed E-state index contributed by atoms with van der Waals surface area (Å²) in [4.78, 5) is 49.5. The summed E-state index contributed by atoms with van der Waals surface area (Å²) >= 11 is 0. The Balaban J connectivity index is 0.000000516. The van der Waals surface area contributed by atoms with Gasteiger partial charge in [0.2, 0.25) is 17.5 Å². The highest BCUT2D eigenvalue weighted by atomic mass is 16.5. The maximum Gasteiger partial charge on any atom is 0.402 e. The fourth-order valence-electron chi connectivity index (χ4n) is 4.76. The van der Waals surface area contributed by atoms with Crippen LogP contribution in [0, 0.1) is 5.92 Å². The Hall–Kier alpha value is -2.92. The Morgan fingerprint density at radius 2 is 1.89 bits per heavy atom. The third-order valence-corrected chi connectivity index (χ3v) is 5.84. The molecule has 4 rings (SSSR count). The third kappa shape index (κ3) is 2.29. The van der Waals surface area contributed by atoms with Crippen molar-refractivity contribution in [3.05, 3.63) is 22.5 Å². The zero-order valence-corrected chi connectivity index (χ0v) is 15.6. The van der Waals surface area contributed by atoms with E-state index in [-0.39, 0.29) is 52.9 Å². The van der Waals surface area contributed by atoms with Crippen LogP contribution in [0.5, 0.6) is 0 Å². The van der Waals surface area contributed by atoms with Gasteiger partial charge in [-0.15, -0.1) is 0 Å². The highest BCUT2D eigenvalue weighted by Gasteiger charge is 2.76. The summed E-state index contributed by atoms with van der Waals surface area (Å²) in [7, 11) is 1.48. The number of hydrogen-bond donors (Lipinski definition) is 4. The van der Waals surface area contributed by atoms with Crippen molar-refractivity contribution in [2.45, 2.75) is 31.7 Å². The third-order valence-electron chi connectivity index (χ3n) is 5.84. The first-order valence-corrected chi connectivity index (χ1v) is 8.57. The lowest BCUT2D eigenvalue weighted by Gasteiger charge is -2.40. The Bertz CT molecular complexity index is 834. The number of rotatable bonds is 2. The molecule has 152 valence electrons. The molecule has 0 aromatic carbocycles. The minimum Gasteiger partial charge on any atom is -0.465 e. The molecule has 2 saturated heterocycles. The molecule has 28 heavy (non-hydrogen) atoms. The van der Waals surface area contributed by atoms with Crippen LogP contribution in [0.25, 0.3) is 0 Å². The molecule has 3 aliphatic heterocycles. The maximum absolute atomic E-state index is 12.8. The summed E-state index contributed by atoms with van der Waals surface area (Å²) in [5.74, 6) is -1.55. The minimum atomic E-state index is -1.33. The fourth-order valence-corrected chi connectivity index (χ4v) is 4.76. The van der Waals surface area contributed by atoms with Gasteiger partial charge >= 0.3 is 6.09 Å². The topological polar surface area (TPSA) is 176 Å². The number of fused-ring (bicyclic) bond motifs is 4. The number of nitrogens with two attached hydrogens (primary N) is 2. The molecule has 4 unspecified atom stereocenters. The molecule has 0 spiro atoms. The zero-order valence-electron chi connectivity index (χ0n) is 15.6. The SMILES string of the molecule is COC12C(CO)C3=C(C(=O)C(C)=C(N)C3=O)N1CC1C2N1C(C)=O.NC(=O)O. The normalized spacial score (nSPS) is 32.6. The van der Waals surface area contributed by atoms with Crippen LogP contribution in [0.15, 0.2) is 22.5 Å². The van der Waals surface area contributed by atoms with Crippen molar-refractivity contribution < 1.29 is 34.1 Å². The Morgan fingerprint density at radius 1 is 1.32 bits per heavy atom. The molecule has 0 aromatic heterocycles. The molecule has 0 radical (unpaired) electrons. The number of primary amides is 1. The van der Waals surface area contributed by atoms with Gasteiger partial charge in [-0.25, -0.2) is 4.79 Å². The van der Waals surface area contributed by atoms with Crippen molar-refractivity contribution in [2.24, 2.45) is 17.4 Å². The largest absolute Gasteiger partial charge is 0.465 e. The molecular weight excluding hydrogens is 372 g/mol. The van der Waals surface area contributed by atoms with Crippen LogP contribution in [-0.4, -0.2) is 81.6 Å². The smallest absolute Gasteiger partial charge is 0.402 e.